The maximum atomic E-state index is 11.1. The second-order valence-corrected chi connectivity index (χ2v) is 4.61. The Balaban J connectivity index is 2.16. The van der Waals surface area contributed by atoms with Crippen molar-refractivity contribution in [2.45, 2.75) is 19.4 Å². The number of hydrogen-bond donors (Lipinski definition) is 2. The molecule has 0 aliphatic carbocycles. The molecule has 1 atom stereocenters. The van der Waals surface area contributed by atoms with Gasteiger partial charge in [0.15, 0.2) is 0 Å². The highest BCUT2D eigenvalue weighted by atomic mass is 16.1. The van der Waals surface area contributed by atoms with Gasteiger partial charge in [-0.2, -0.15) is 5.10 Å². The van der Waals surface area contributed by atoms with Gasteiger partial charge in [0, 0.05) is 24.5 Å². The Morgan fingerprint density at radius 3 is 2.84 bits per heavy atom. The van der Waals surface area contributed by atoms with Gasteiger partial charge in [0.2, 0.25) is 5.91 Å². The van der Waals surface area contributed by atoms with Gasteiger partial charge in [-0.3, -0.25) is 9.48 Å². The number of nitrogens with two attached hydrogens (primary N) is 1. The highest BCUT2D eigenvalue weighted by Gasteiger charge is 2.10. The zero-order chi connectivity index (χ0) is 13.8. The van der Waals surface area contributed by atoms with Crippen LogP contribution in [0.2, 0.25) is 0 Å². The molecule has 2 rings (SSSR count). The summed E-state index contributed by atoms with van der Waals surface area (Å²) in [7, 11) is 1.89. The van der Waals surface area contributed by atoms with Gasteiger partial charge < -0.3 is 11.1 Å². The molecule has 0 saturated carbocycles. The molecule has 19 heavy (non-hydrogen) atoms. The lowest BCUT2D eigenvalue weighted by Crippen LogP contribution is -2.16. The van der Waals surface area contributed by atoms with Crippen molar-refractivity contribution in [2.75, 3.05) is 5.32 Å². The van der Waals surface area contributed by atoms with Gasteiger partial charge in [-0.05, 0) is 18.6 Å². The number of primary amides is 1. The van der Waals surface area contributed by atoms with E-state index in [9.17, 15) is 4.79 Å². The highest BCUT2D eigenvalue weighted by molar-refractivity contribution is 5.78. The summed E-state index contributed by atoms with van der Waals surface area (Å²) in [6, 6.07) is 7.80. The minimum Gasteiger partial charge on any atom is -0.378 e. The van der Waals surface area contributed by atoms with Crippen molar-refractivity contribution in [3.63, 3.8) is 0 Å². The Bertz CT molecular complexity index is 576. The number of carbonyl (C=O) groups is 1. The van der Waals surface area contributed by atoms with Crippen molar-refractivity contribution in [1.82, 2.24) is 9.78 Å². The third-order valence-corrected chi connectivity index (χ3v) is 2.98. The first-order valence-electron chi connectivity index (χ1n) is 6.17. The number of aromatic nitrogens is 2. The lowest BCUT2D eigenvalue weighted by Gasteiger charge is -2.16. The SMILES string of the molecule is CC(Nc1ccccc1CC(N)=O)c1cnn(C)c1. The van der Waals surface area contributed by atoms with Gasteiger partial charge in [-0.15, -0.1) is 0 Å². The summed E-state index contributed by atoms with van der Waals surface area (Å²) in [5, 5.41) is 7.54. The van der Waals surface area contributed by atoms with Crippen molar-refractivity contribution < 1.29 is 4.79 Å². The fourth-order valence-corrected chi connectivity index (χ4v) is 1.98. The smallest absolute Gasteiger partial charge is 0.221 e. The third-order valence-electron chi connectivity index (χ3n) is 2.98. The average molecular weight is 258 g/mol. The van der Waals surface area contributed by atoms with E-state index in [2.05, 4.69) is 17.3 Å². The second-order valence-electron chi connectivity index (χ2n) is 4.61. The van der Waals surface area contributed by atoms with E-state index in [1.807, 2.05) is 43.7 Å². The molecule has 0 radical (unpaired) electrons. The topological polar surface area (TPSA) is 72.9 Å². The molecule has 1 unspecified atom stereocenters. The van der Waals surface area contributed by atoms with Crippen LogP contribution in [0.3, 0.4) is 0 Å². The molecule has 0 aliphatic heterocycles. The molecule has 3 N–H and O–H groups in total. The number of para-hydroxylation sites is 1. The van der Waals surface area contributed by atoms with Crippen molar-refractivity contribution in [3.8, 4) is 0 Å². The Hall–Kier alpha value is -2.30. The number of amides is 1. The highest BCUT2D eigenvalue weighted by Crippen LogP contribution is 2.22. The normalized spacial score (nSPS) is 12.1. The van der Waals surface area contributed by atoms with E-state index < -0.39 is 0 Å². The Kier molecular flexibility index (Phi) is 3.85. The third kappa shape index (κ3) is 3.34. The molecule has 1 amide bonds. The molecule has 0 saturated heterocycles. The largest absolute Gasteiger partial charge is 0.378 e. The van der Waals surface area contributed by atoms with E-state index in [0.29, 0.717) is 0 Å². The zero-order valence-electron chi connectivity index (χ0n) is 11.1. The molecule has 1 heterocycles. The number of benzene rings is 1. The van der Waals surface area contributed by atoms with Crippen LogP contribution >= 0.6 is 0 Å². The van der Waals surface area contributed by atoms with Crippen LogP contribution in [-0.2, 0) is 18.3 Å². The van der Waals surface area contributed by atoms with Crippen LogP contribution in [0.1, 0.15) is 24.1 Å². The summed E-state index contributed by atoms with van der Waals surface area (Å²) >= 11 is 0. The van der Waals surface area contributed by atoms with E-state index in [-0.39, 0.29) is 18.4 Å². The quantitative estimate of drug-likeness (QED) is 0.856. The minimum absolute atomic E-state index is 0.114. The molecule has 0 aliphatic rings. The van der Waals surface area contributed by atoms with Crippen molar-refractivity contribution >= 4 is 11.6 Å². The van der Waals surface area contributed by atoms with Crippen molar-refractivity contribution in [3.05, 3.63) is 47.8 Å². The molecule has 0 spiro atoms. The first-order chi connectivity index (χ1) is 9.06. The number of carbonyl (C=O) groups excluding carboxylic acids is 1. The molecule has 5 nitrogen and oxygen atoms in total. The number of nitrogens with one attached hydrogen (secondary N) is 1. The average Bonchev–Trinajstić information content (AvgIpc) is 2.78. The van der Waals surface area contributed by atoms with Crippen LogP contribution in [0.15, 0.2) is 36.7 Å². The molecular weight excluding hydrogens is 240 g/mol. The van der Waals surface area contributed by atoms with Crippen LogP contribution in [0, 0.1) is 0 Å². The Labute approximate surface area is 112 Å². The maximum absolute atomic E-state index is 11.1. The molecular formula is C14H18N4O. The predicted octanol–water partition coefficient (Wildman–Crippen LogP) is 1.62. The number of aryl methyl sites for hydroxylation is 1. The van der Waals surface area contributed by atoms with E-state index in [1.54, 1.807) is 4.68 Å². The lowest BCUT2D eigenvalue weighted by molar-refractivity contribution is -0.117. The first kappa shape index (κ1) is 13.1. The summed E-state index contributed by atoms with van der Waals surface area (Å²) < 4.78 is 1.77. The number of rotatable bonds is 5. The first-order valence-corrected chi connectivity index (χ1v) is 6.17. The van der Waals surface area contributed by atoms with E-state index in [0.717, 1.165) is 16.8 Å². The fourth-order valence-electron chi connectivity index (χ4n) is 1.98. The Morgan fingerprint density at radius 2 is 2.21 bits per heavy atom. The van der Waals surface area contributed by atoms with Crippen molar-refractivity contribution in [2.24, 2.45) is 12.8 Å². The molecule has 1 aromatic carbocycles. The van der Waals surface area contributed by atoms with Gasteiger partial charge >= 0.3 is 0 Å². The zero-order valence-corrected chi connectivity index (χ0v) is 11.1. The summed E-state index contributed by atoms with van der Waals surface area (Å²) in [5.74, 6) is -0.330. The second kappa shape index (κ2) is 5.56. The standard InChI is InChI=1S/C14H18N4O/c1-10(12-8-16-18(2)9-12)17-13-6-4-3-5-11(13)7-14(15)19/h3-6,8-10,17H,7H2,1-2H3,(H2,15,19). The fraction of sp³-hybridized carbons (Fsp3) is 0.286. The molecule has 5 heteroatoms. The van der Waals surface area contributed by atoms with Gasteiger partial charge in [0.1, 0.15) is 0 Å². The van der Waals surface area contributed by atoms with Crippen LogP contribution < -0.4 is 11.1 Å². The summed E-state index contributed by atoms with van der Waals surface area (Å²) in [6.45, 7) is 2.05. The van der Waals surface area contributed by atoms with Crippen LogP contribution in [-0.4, -0.2) is 15.7 Å². The monoisotopic (exact) mass is 258 g/mol. The van der Waals surface area contributed by atoms with Crippen LogP contribution in [0.4, 0.5) is 5.69 Å². The number of anilines is 1. The van der Waals surface area contributed by atoms with E-state index in [1.165, 1.54) is 0 Å². The molecule has 100 valence electrons. The summed E-state index contributed by atoms with van der Waals surface area (Å²) in [6.07, 6.45) is 4.03. The van der Waals surface area contributed by atoms with Crippen LogP contribution in [0.5, 0.6) is 0 Å². The minimum atomic E-state index is -0.330. The van der Waals surface area contributed by atoms with Gasteiger partial charge in [-0.25, -0.2) is 0 Å². The number of hydrogen-bond acceptors (Lipinski definition) is 3. The van der Waals surface area contributed by atoms with E-state index >= 15 is 0 Å². The molecule has 2 aromatic rings. The number of nitrogens with zero attached hydrogens (tertiary/aromatic N) is 2. The molecule has 0 fully saturated rings. The molecule has 0 bridgehead atoms. The van der Waals surface area contributed by atoms with Gasteiger partial charge in [0.05, 0.1) is 18.7 Å². The van der Waals surface area contributed by atoms with Gasteiger partial charge in [0.25, 0.3) is 0 Å². The van der Waals surface area contributed by atoms with Crippen molar-refractivity contribution in [1.29, 1.82) is 0 Å². The lowest BCUT2D eigenvalue weighted by atomic mass is 10.1. The summed E-state index contributed by atoms with van der Waals surface area (Å²) in [4.78, 5) is 11.1. The van der Waals surface area contributed by atoms with Gasteiger partial charge in [-0.1, -0.05) is 18.2 Å². The Morgan fingerprint density at radius 1 is 1.47 bits per heavy atom. The molecule has 1 aromatic heterocycles. The van der Waals surface area contributed by atoms with Crippen LogP contribution in [0.25, 0.3) is 0 Å². The predicted molar refractivity (Wildman–Crippen MR) is 74.6 cm³/mol. The maximum Gasteiger partial charge on any atom is 0.221 e. The van der Waals surface area contributed by atoms with E-state index in [4.69, 9.17) is 5.73 Å². The summed E-state index contributed by atoms with van der Waals surface area (Å²) in [5.41, 5.74) is 8.19.